The second-order valence-electron chi connectivity index (χ2n) is 5.19. The Balaban J connectivity index is 2.00. The highest BCUT2D eigenvalue weighted by Crippen LogP contribution is 2.53. The Bertz CT molecular complexity index is 470. The summed E-state index contributed by atoms with van der Waals surface area (Å²) < 4.78 is 0. The van der Waals surface area contributed by atoms with Crippen LogP contribution in [0.5, 0.6) is 0 Å². The molecule has 0 radical (unpaired) electrons. The monoisotopic (exact) mass is 229 g/mol. The number of aromatic nitrogens is 1. The summed E-state index contributed by atoms with van der Waals surface area (Å²) in [5.41, 5.74) is 0.657. The van der Waals surface area contributed by atoms with Gasteiger partial charge in [-0.1, -0.05) is 18.2 Å². The van der Waals surface area contributed by atoms with E-state index in [0.29, 0.717) is 0 Å². The van der Waals surface area contributed by atoms with Gasteiger partial charge in [0.2, 0.25) is 0 Å². The van der Waals surface area contributed by atoms with E-state index < -0.39 is 11.4 Å². The summed E-state index contributed by atoms with van der Waals surface area (Å²) in [4.78, 5) is 15.5. The molecule has 3 heteroatoms. The van der Waals surface area contributed by atoms with Crippen LogP contribution in [0.3, 0.4) is 0 Å². The predicted octanol–water partition coefficient (Wildman–Crippen LogP) is 2.53. The van der Waals surface area contributed by atoms with Crippen LogP contribution in [-0.4, -0.2) is 16.1 Å². The molecule has 1 aromatic rings. The van der Waals surface area contributed by atoms with Crippen molar-refractivity contribution in [1.82, 2.24) is 4.98 Å². The first kappa shape index (κ1) is 10.5. The minimum atomic E-state index is -0.673. The van der Waals surface area contributed by atoms with Crippen LogP contribution in [0.15, 0.2) is 36.7 Å². The molecule has 0 aliphatic heterocycles. The fourth-order valence-electron chi connectivity index (χ4n) is 3.12. The summed E-state index contributed by atoms with van der Waals surface area (Å²) in [5.74, 6) is -0.673. The first-order chi connectivity index (χ1) is 8.17. The van der Waals surface area contributed by atoms with Gasteiger partial charge in [-0.05, 0) is 37.3 Å². The van der Waals surface area contributed by atoms with E-state index in [0.717, 1.165) is 25.7 Å². The normalized spacial score (nSPS) is 34.8. The molecule has 0 atom stereocenters. The van der Waals surface area contributed by atoms with Gasteiger partial charge in [0.25, 0.3) is 0 Å². The number of fused-ring (bicyclic) bond motifs is 2. The molecule has 0 saturated heterocycles. The number of carbonyl (C=O) groups is 1. The number of hydrogen-bond acceptors (Lipinski definition) is 2. The third kappa shape index (κ3) is 1.42. The zero-order valence-corrected chi connectivity index (χ0v) is 9.60. The maximum atomic E-state index is 11.3. The van der Waals surface area contributed by atoms with Crippen LogP contribution < -0.4 is 0 Å². The van der Waals surface area contributed by atoms with Gasteiger partial charge in [0.05, 0.1) is 5.41 Å². The Hall–Kier alpha value is -1.64. The molecule has 0 unspecified atom stereocenters. The highest BCUT2D eigenvalue weighted by atomic mass is 16.4. The number of hydrogen-bond donors (Lipinski definition) is 1. The van der Waals surface area contributed by atoms with Gasteiger partial charge < -0.3 is 5.11 Å². The number of aliphatic carboxylic acids is 1. The molecular formula is C14H15NO2. The van der Waals surface area contributed by atoms with Gasteiger partial charge in [0.15, 0.2) is 0 Å². The van der Waals surface area contributed by atoms with E-state index in [-0.39, 0.29) is 5.41 Å². The standard InChI is InChI=1S/C14H15NO2/c16-12(17)14-6-3-13(4-7-14,5-8-14)11-2-1-9-15-10-11/h1-3,6,9-10H,4-5,7-8H2,(H,16,17). The van der Waals surface area contributed by atoms with Gasteiger partial charge in [-0.15, -0.1) is 0 Å². The molecule has 1 heterocycles. The Labute approximate surface area is 100 Å². The van der Waals surface area contributed by atoms with Crippen LogP contribution in [0.25, 0.3) is 0 Å². The van der Waals surface area contributed by atoms with Crippen molar-refractivity contribution in [3.63, 3.8) is 0 Å². The number of nitrogens with zero attached hydrogens (tertiary/aromatic N) is 1. The minimum absolute atomic E-state index is 0.0332. The number of allylic oxidation sites excluding steroid dienone is 1. The molecule has 3 aliphatic rings. The van der Waals surface area contributed by atoms with E-state index in [1.54, 1.807) is 6.20 Å². The molecule has 3 nitrogen and oxygen atoms in total. The molecule has 0 amide bonds. The van der Waals surface area contributed by atoms with Crippen molar-refractivity contribution in [2.45, 2.75) is 31.1 Å². The van der Waals surface area contributed by atoms with E-state index in [1.165, 1.54) is 5.56 Å². The lowest BCUT2D eigenvalue weighted by Gasteiger charge is -2.46. The predicted molar refractivity (Wildman–Crippen MR) is 63.6 cm³/mol. The molecule has 1 saturated carbocycles. The molecule has 0 spiro atoms. The van der Waals surface area contributed by atoms with E-state index in [9.17, 15) is 9.90 Å². The summed E-state index contributed by atoms with van der Waals surface area (Å²) in [7, 11) is 0. The topological polar surface area (TPSA) is 50.2 Å². The first-order valence-electron chi connectivity index (χ1n) is 6.01. The van der Waals surface area contributed by atoms with Gasteiger partial charge in [-0.2, -0.15) is 0 Å². The summed E-state index contributed by atoms with van der Waals surface area (Å²) >= 11 is 0. The lowest BCUT2D eigenvalue weighted by atomic mass is 9.56. The molecule has 1 N–H and O–H groups in total. The van der Waals surface area contributed by atoms with Crippen molar-refractivity contribution in [3.05, 3.63) is 42.2 Å². The second-order valence-corrected chi connectivity index (χ2v) is 5.19. The van der Waals surface area contributed by atoms with Crippen LogP contribution in [0, 0.1) is 5.41 Å². The Morgan fingerprint density at radius 3 is 2.47 bits per heavy atom. The third-order valence-corrected chi connectivity index (χ3v) is 4.42. The summed E-state index contributed by atoms with van der Waals surface area (Å²) in [6.07, 6.45) is 11.0. The fourth-order valence-corrected chi connectivity index (χ4v) is 3.12. The van der Waals surface area contributed by atoms with Crippen LogP contribution in [-0.2, 0) is 10.2 Å². The quantitative estimate of drug-likeness (QED) is 0.793. The molecular weight excluding hydrogens is 214 g/mol. The fraction of sp³-hybridized carbons (Fsp3) is 0.429. The average molecular weight is 229 g/mol. The maximum Gasteiger partial charge on any atom is 0.313 e. The molecule has 17 heavy (non-hydrogen) atoms. The molecule has 4 rings (SSSR count). The number of rotatable bonds is 2. The third-order valence-electron chi connectivity index (χ3n) is 4.42. The molecule has 0 aromatic carbocycles. The van der Waals surface area contributed by atoms with Crippen LogP contribution >= 0.6 is 0 Å². The van der Waals surface area contributed by atoms with E-state index in [2.05, 4.69) is 17.1 Å². The van der Waals surface area contributed by atoms with Crippen LogP contribution in [0.2, 0.25) is 0 Å². The second kappa shape index (κ2) is 3.42. The van der Waals surface area contributed by atoms with E-state index in [4.69, 9.17) is 0 Å². The van der Waals surface area contributed by atoms with Gasteiger partial charge in [-0.3, -0.25) is 9.78 Å². The lowest BCUT2D eigenvalue weighted by Crippen LogP contribution is -2.44. The Morgan fingerprint density at radius 2 is 2.00 bits per heavy atom. The molecule has 2 bridgehead atoms. The van der Waals surface area contributed by atoms with Crippen LogP contribution in [0.4, 0.5) is 0 Å². The van der Waals surface area contributed by atoms with Gasteiger partial charge in [0.1, 0.15) is 0 Å². The molecule has 1 fully saturated rings. The summed E-state index contributed by atoms with van der Waals surface area (Å²) in [5, 5.41) is 9.30. The zero-order chi connectivity index (χ0) is 11.9. The highest BCUT2D eigenvalue weighted by molar-refractivity contribution is 5.78. The van der Waals surface area contributed by atoms with Crippen molar-refractivity contribution >= 4 is 5.97 Å². The number of carboxylic acid groups (broad SMARTS) is 1. The number of carboxylic acids is 1. The van der Waals surface area contributed by atoms with Gasteiger partial charge >= 0.3 is 5.97 Å². The zero-order valence-electron chi connectivity index (χ0n) is 9.60. The van der Waals surface area contributed by atoms with Crippen LogP contribution in [0.1, 0.15) is 31.2 Å². The summed E-state index contributed by atoms with van der Waals surface area (Å²) in [6, 6.07) is 4.04. The van der Waals surface area contributed by atoms with Crippen molar-refractivity contribution < 1.29 is 9.90 Å². The molecule has 3 aliphatic carbocycles. The molecule has 88 valence electrons. The smallest absolute Gasteiger partial charge is 0.313 e. The Morgan fingerprint density at radius 1 is 1.24 bits per heavy atom. The average Bonchev–Trinajstić information content (AvgIpc) is 2.42. The Kier molecular flexibility index (Phi) is 2.12. The highest BCUT2D eigenvalue weighted by Gasteiger charge is 2.49. The lowest BCUT2D eigenvalue weighted by molar-refractivity contribution is -0.148. The number of pyridine rings is 1. The SMILES string of the molecule is O=C(O)C12C=CC(c3cccnc3)(CC1)CC2. The summed E-state index contributed by atoms with van der Waals surface area (Å²) in [6.45, 7) is 0. The van der Waals surface area contributed by atoms with Crippen molar-refractivity contribution in [2.75, 3.05) is 0 Å². The van der Waals surface area contributed by atoms with Crippen molar-refractivity contribution in [1.29, 1.82) is 0 Å². The van der Waals surface area contributed by atoms with Gasteiger partial charge in [-0.25, -0.2) is 0 Å². The van der Waals surface area contributed by atoms with Gasteiger partial charge in [0, 0.05) is 17.8 Å². The maximum absolute atomic E-state index is 11.3. The first-order valence-corrected chi connectivity index (χ1v) is 6.01. The minimum Gasteiger partial charge on any atom is -0.481 e. The molecule has 1 aromatic heterocycles. The van der Waals surface area contributed by atoms with E-state index in [1.807, 2.05) is 18.3 Å². The largest absolute Gasteiger partial charge is 0.481 e. The van der Waals surface area contributed by atoms with Crippen molar-refractivity contribution in [3.8, 4) is 0 Å². The van der Waals surface area contributed by atoms with E-state index >= 15 is 0 Å². The van der Waals surface area contributed by atoms with Crippen molar-refractivity contribution in [2.24, 2.45) is 5.41 Å².